The largest absolute Gasteiger partial charge is 0.462 e. The number of alkyl halides is 5. The third kappa shape index (κ3) is 4.17. The molecule has 1 aliphatic rings. The number of esters is 1. The topological polar surface area (TPSA) is 66.8 Å². The van der Waals surface area contributed by atoms with Crippen LogP contribution >= 0.6 is 0 Å². The van der Waals surface area contributed by atoms with Gasteiger partial charge in [0.25, 0.3) is 0 Å². The fraction of sp³-hybridized carbons (Fsp3) is 0.933. The van der Waals surface area contributed by atoms with Crippen LogP contribution in [0.15, 0.2) is 0 Å². The number of ether oxygens (including phenoxy) is 1. The Morgan fingerprint density at radius 3 is 2.04 bits per heavy atom. The first-order valence-electron chi connectivity index (χ1n) is 7.73. The Labute approximate surface area is 137 Å². The van der Waals surface area contributed by atoms with E-state index in [0.717, 1.165) is 0 Å². The van der Waals surface area contributed by atoms with Gasteiger partial charge in [-0.1, -0.05) is 6.92 Å². The number of aliphatic hydroxyl groups is 2. The summed E-state index contributed by atoms with van der Waals surface area (Å²) < 4.78 is 70.1. The predicted molar refractivity (Wildman–Crippen MR) is 74.4 cm³/mol. The Morgan fingerprint density at radius 1 is 1.21 bits per heavy atom. The first-order chi connectivity index (χ1) is 10.7. The maximum Gasteiger partial charge on any atom is 0.420 e. The molecule has 142 valence electrons. The van der Waals surface area contributed by atoms with Crippen molar-refractivity contribution in [3.05, 3.63) is 0 Å². The SMILES string of the molecule is CCC(C)(C)C(=O)OC1CCC(O)(C(F)(F)C(O)C(F)(F)F)CC1. The Morgan fingerprint density at radius 2 is 1.67 bits per heavy atom. The van der Waals surface area contributed by atoms with Crippen LogP contribution in [0.2, 0.25) is 0 Å². The van der Waals surface area contributed by atoms with Crippen LogP contribution in [0, 0.1) is 5.41 Å². The van der Waals surface area contributed by atoms with Gasteiger partial charge in [-0.25, -0.2) is 8.78 Å². The van der Waals surface area contributed by atoms with Crippen LogP contribution in [0.3, 0.4) is 0 Å². The summed E-state index contributed by atoms with van der Waals surface area (Å²) in [6.07, 6.45) is -11.6. The standard InChI is InChI=1S/C15H23F5O4/c1-4-12(2,3)11(22)24-9-5-7-13(23,8-6-9)14(16,17)10(21)15(18,19)20/h9-10,21,23H,4-8H2,1-3H3. The molecule has 1 aliphatic carbocycles. The van der Waals surface area contributed by atoms with Crippen molar-refractivity contribution < 1.29 is 41.7 Å². The van der Waals surface area contributed by atoms with Gasteiger partial charge < -0.3 is 14.9 Å². The van der Waals surface area contributed by atoms with Crippen molar-refractivity contribution in [3.63, 3.8) is 0 Å². The molecule has 0 aromatic carbocycles. The number of aliphatic hydroxyl groups excluding tert-OH is 1. The van der Waals surface area contributed by atoms with Crippen LogP contribution in [0.1, 0.15) is 52.9 Å². The van der Waals surface area contributed by atoms with Crippen LogP contribution in [-0.4, -0.2) is 46.1 Å². The van der Waals surface area contributed by atoms with Gasteiger partial charge in [0.1, 0.15) is 11.7 Å². The number of hydrogen-bond acceptors (Lipinski definition) is 4. The molecule has 2 N–H and O–H groups in total. The van der Waals surface area contributed by atoms with E-state index in [2.05, 4.69) is 0 Å². The first kappa shape index (κ1) is 21.1. The lowest BCUT2D eigenvalue weighted by molar-refractivity contribution is -0.319. The van der Waals surface area contributed by atoms with Crippen molar-refractivity contribution in [2.24, 2.45) is 5.41 Å². The molecular formula is C15H23F5O4. The van der Waals surface area contributed by atoms with E-state index in [0.29, 0.717) is 6.42 Å². The highest BCUT2D eigenvalue weighted by Gasteiger charge is 2.65. The first-order valence-corrected chi connectivity index (χ1v) is 7.73. The molecule has 0 heterocycles. The Balaban J connectivity index is 2.75. The molecule has 1 rings (SSSR count). The predicted octanol–water partition coefficient (Wildman–Crippen LogP) is 3.20. The molecule has 1 fully saturated rings. The number of halogens is 5. The molecule has 1 atom stereocenters. The van der Waals surface area contributed by atoms with Crippen LogP contribution in [0.5, 0.6) is 0 Å². The molecule has 24 heavy (non-hydrogen) atoms. The van der Waals surface area contributed by atoms with Gasteiger partial charge in [0.15, 0.2) is 0 Å². The lowest BCUT2D eigenvalue weighted by Crippen LogP contribution is -2.61. The minimum atomic E-state index is -5.55. The molecule has 0 saturated heterocycles. The van der Waals surface area contributed by atoms with Gasteiger partial charge >= 0.3 is 18.1 Å². The second-order valence-electron chi connectivity index (χ2n) is 6.94. The fourth-order valence-electron chi connectivity index (χ4n) is 2.44. The number of carbonyl (C=O) groups is 1. The molecule has 0 aromatic heterocycles. The zero-order valence-corrected chi connectivity index (χ0v) is 13.8. The molecule has 4 nitrogen and oxygen atoms in total. The molecule has 0 aromatic rings. The summed E-state index contributed by atoms with van der Waals surface area (Å²) in [6.45, 7) is 5.09. The van der Waals surface area contributed by atoms with Crippen molar-refractivity contribution in [3.8, 4) is 0 Å². The van der Waals surface area contributed by atoms with Gasteiger partial charge in [-0.2, -0.15) is 13.2 Å². The lowest BCUT2D eigenvalue weighted by Gasteiger charge is -2.43. The summed E-state index contributed by atoms with van der Waals surface area (Å²) in [7, 11) is 0. The molecule has 1 saturated carbocycles. The zero-order chi connectivity index (χ0) is 19.0. The second-order valence-corrected chi connectivity index (χ2v) is 6.94. The zero-order valence-electron chi connectivity index (χ0n) is 13.8. The average Bonchev–Trinajstić information content (AvgIpc) is 2.47. The van der Waals surface area contributed by atoms with Gasteiger partial charge in [-0.15, -0.1) is 0 Å². The second kappa shape index (κ2) is 6.74. The number of carbonyl (C=O) groups excluding carboxylic acids is 1. The van der Waals surface area contributed by atoms with Crippen molar-refractivity contribution in [1.29, 1.82) is 0 Å². The van der Waals surface area contributed by atoms with E-state index in [1.54, 1.807) is 20.8 Å². The molecule has 0 spiro atoms. The van der Waals surface area contributed by atoms with E-state index in [4.69, 9.17) is 9.84 Å². The van der Waals surface area contributed by atoms with Gasteiger partial charge in [0.2, 0.25) is 6.10 Å². The summed E-state index contributed by atoms with van der Waals surface area (Å²) in [5, 5.41) is 18.8. The van der Waals surface area contributed by atoms with E-state index >= 15 is 0 Å². The number of hydrogen-bond donors (Lipinski definition) is 2. The normalized spacial score (nSPS) is 27.7. The van der Waals surface area contributed by atoms with E-state index in [1.165, 1.54) is 0 Å². The summed E-state index contributed by atoms with van der Waals surface area (Å²) >= 11 is 0. The molecule has 0 amide bonds. The molecule has 0 radical (unpaired) electrons. The minimum absolute atomic E-state index is 0.206. The average molecular weight is 362 g/mol. The molecule has 0 aliphatic heterocycles. The highest BCUT2D eigenvalue weighted by atomic mass is 19.4. The molecule has 9 heteroatoms. The summed E-state index contributed by atoms with van der Waals surface area (Å²) in [6, 6.07) is 0. The van der Waals surface area contributed by atoms with Crippen molar-refractivity contribution >= 4 is 5.97 Å². The molecule has 0 bridgehead atoms. The Bertz CT molecular complexity index is 453. The van der Waals surface area contributed by atoms with Crippen LogP contribution < -0.4 is 0 Å². The third-order valence-corrected chi connectivity index (χ3v) is 4.74. The van der Waals surface area contributed by atoms with E-state index < -0.39 is 54.1 Å². The maximum atomic E-state index is 13.9. The maximum absolute atomic E-state index is 13.9. The highest BCUT2D eigenvalue weighted by molar-refractivity contribution is 5.76. The van der Waals surface area contributed by atoms with E-state index in [1.807, 2.05) is 0 Å². The minimum Gasteiger partial charge on any atom is -0.462 e. The summed E-state index contributed by atoms with van der Waals surface area (Å²) in [5.74, 6) is -5.27. The van der Waals surface area contributed by atoms with Crippen LogP contribution in [-0.2, 0) is 9.53 Å². The van der Waals surface area contributed by atoms with Crippen LogP contribution in [0.25, 0.3) is 0 Å². The van der Waals surface area contributed by atoms with Crippen molar-refractivity contribution in [2.75, 3.05) is 0 Å². The van der Waals surface area contributed by atoms with Gasteiger partial charge in [0.05, 0.1) is 5.41 Å². The van der Waals surface area contributed by atoms with E-state index in [-0.39, 0.29) is 12.8 Å². The van der Waals surface area contributed by atoms with Gasteiger partial charge in [-0.05, 0) is 46.0 Å². The monoisotopic (exact) mass is 362 g/mol. The summed E-state index contributed by atoms with van der Waals surface area (Å²) in [4.78, 5) is 11.9. The van der Waals surface area contributed by atoms with Crippen LogP contribution in [0.4, 0.5) is 22.0 Å². The molecular weight excluding hydrogens is 339 g/mol. The van der Waals surface area contributed by atoms with E-state index in [9.17, 15) is 31.9 Å². The fourth-order valence-corrected chi connectivity index (χ4v) is 2.44. The lowest BCUT2D eigenvalue weighted by atomic mass is 9.77. The third-order valence-electron chi connectivity index (χ3n) is 4.74. The van der Waals surface area contributed by atoms with Crippen molar-refractivity contribution in [1.82, 2.24) is 0 Å². The van der Waals surface area contributed by atoms with Gasteiger partial charge in [-0.3, -0.25) is 4.79 Å². The van der Waals surface area contributed by atoms with Gasteiger partial charge in [0, 0.05) is 0 Å². The van der Waals surface area contributed by atoms with Crippen molar-refractivity contribution in [2.45, 2.75) is 82.8 Å². The highest BCUT2D eigenvalue weighted by Crippen LogP contribution is 2.46. The quantitative estimate of drug-likeness (QED) is 0.582. The smallest absolute Gasteiger partial charge is 0.420 e. The number of rotatable bonds is 5. The summed E-state index contributed by atoms with van der Waals surface area (Å²) in [5.41, 5.74) is -3.75. The molecule has 1 unspecified atom stereocenters. The Hall–Kier alpha value is -0.960. The Kier molecular flexibility index (Phi) is 5.92.